The zero-order valence-corrected chi connectivity index (χ0v) is 13.2. The number of alkyl carbamates (subject to hydrolysis) is 1. The third-order valence-corrected chi connectivity index (χ3v) is 2.73. The van der Waals surface area contributed by atoms with Gasteiger partial charge in [-0.1, -0.05) is 0 Å². The summed E-state index contributed by atoms with van der Waals surface area (Å²) in [6.07, 6.45) is 2.84. The normalized spacial score (nSPS) is 11.1. The van der Waals surface area contributed by atoms with Gasteiger partial charge in [-0.15, -0.1) is 0 Å². The van der Waals surface area contributed by atoms with E-state index in [1.807, 2.05) is 26.8 Å². The average Bonchev–Trinajstić information content (AvgIpc) is 2.92. The summed E-state index contributed by atoms with van der Waals surface area (Å²) in [4.78, 5) is 15.7. The largest absolute Gasteiger partial charge is 0.496 e. The maximum Gasteiger partial charge on any atom is 0.408 e. The topological polar surface area (TPSA) is 73.6 Å². The van der Waals surface area contributed by atoms with Crippen LogP contribution >= 0.6 is 0 Å². The van der Waals surface area contributed by atoms with E-state index < -0.39 is 11.7 Å². The van der Waals surface area contributed by atoms with Crippen LogP contribution in [0.25, 0.3) is 11.3 Å². The average molecular weight is 304 g/mol. The number of methoxy groups -OCH3 is 1. The maximum atomic E-state index is 11.6. The monoisotopic (exact) mass is 304 g/mol. The Morgan fingerprint density at radius 1 is 1.32 bits per heavy atom. The van der Waals surface area contributed by atoms with Crippen molar-refractivity contribution in [3.8, 4) is 17.1 Å². The van der Waals surface area contributed by atoms with Crippen molar-refractivity contribution in [1.29, 1.82) is 0 Å². The van der Waals surface area contributed by atoms with Gasteiger partial charge in [-0.2, -0.15) is 0 Å². The molecule has 1 N–H and O–H groups in total. The first-order valence-corrected chi connectivity index (χ1v) is 6.93. The molecule has 0 fully saturated rings. The molecule has 0 spiro atoms. The van der Waals surface area contributed by atoms with Gasteiger partial charge in [0.15, 0.2) is 0 Å². The van der Waals surface area contributed by atoms with Crippen LogP contribution in [0.2, 0.25) is 0 Å². The summed E-state index contributed by atoms with van der Waals surface area (Å²) in [6, 6.07) is 5.36. The van der Waals surface area contributed by atoms with E-state index >= 15 is 0 Å². The van der Waals surface area contributed by atoms with Gasteiger partial charge in [0.1, 0.15) is 22.9 Å². The highest BCUT2D eigenvalue weighted by molar-refractivity contribution is 5.68. The number of rotatable bonds is 4. The Balaban J connectivity index is 2.02. The van der Waals surface area contributed by atoms with Crippen molar-refractivity contribution in [1.82, 2.24) is 10.3 Å². The van der Waals surface area contributed by atoms with Crippen molar-refractivity contribution in [2.45, 2.75) is 32.9 Å². The summed E-state index contributed by atoms with van der Waals surface area (Å²) >= 11 is 0. The third kappa shape index (κ3) is 4.25. The van der Waals surface area contributed by atoms with Crippen LogP contribution in [0.15, 0.2) is 35.0 Å². The molecule has 0 aromatic carbocycles. The van der Waals surface area contributed by atoms with Crippen LogP contribution in [-0.4, -0.2) is 23.8 Å². The van der Waals surface area contributed by atoms with Gasteiger partial charge in [0, 0.05) is 12.4 Å². The third-order valence-electron chi connectivity index (χ3n) is 2.73. The fourth-order valence-corrected chi connectivity index (χ4v) is 1.84. The molecule has 0 aliphatic carbocycles. The lowest BCUT2D eigenvalue weighted by Gasteiger charge is -2.19. The summed E-state index contributed by atoms with van der Waals surface area (Å²) in [5.74, 6) is 1.92. The lowest BCUT2D eigenvalue weighted by molar-refractivity contribution is 0.0520. The highest BCUT2D eigenvalue weighted by atomic mass is 16.6. The zero-order valence-electron chi connectivity index (χ0n) is 13.2. The minimum Gasteiger partial charge on any atom is -0.496 e. The van der Waals surface area contributed by atoms with Gasteiger partial charge < -0.3 is 19.2 Å². The van der Waals surface area contributed by atoms with Crippen molar-refractivity contribution in [2.24, 2.45) is 0 Å². The number of nitrogens with one attached hydrogen (secondary N) is 1. The number of hydrogen-bond donors (Lipinski definition) is 1. The van der Waals surface area contributed by atoms with Crippen LogP contribution < -0.4 is 10.1 Å². The van der Waals surface area contributed by atoms with E-state index in [0.29, 0.717) is 17.3 Å². The number of aromatic nitrogens is 1. The van der Waals surface area contributed by atoms with Gasteiger partial charge in [0.25, 0.3) is 0 Å². The first-order valence-electron chi connectivity index (χ1n) is 6.93. The SMILES string of the molecule is COc1ccncc1-c1ccc(CNC(=O)OC(C)(C)C)o1. The van der Waals surface area contributed by atoms with Crippen molar-refractivity contribution in [2.75, 3.05) is 7.11 Å². The molecule has 2 aromatic rings. The van der Waals surface area contributed by atoms with E-state index in [9.17, 15) is 4.79 Å². The Hall–Kier alpha value is -2.50. The highest BCUT2D eigenvalue weighted by Gasteiger charge is 2.16. The van der Waals surface area contributed by atoms with Gasteiger partial charge in [-0.05, 0) is 39.0 Å². The molecule has 6 heteroatoms. The lowest BCUT2D eigenvalue weighted by Crippen LogP contribution is -2.32. The van der Waals surface area contributed by atoms with Crippen LogP contribution in [0.3, 0.4) is 0 Å². The lowest BCUT2D eigenvalue weighted by atomic mass is 10.2. The van der Waals surface area contributed by atoms with Gasteiger partial charge in [0.05, 0.1) is 19.2 Å². The predicted molar refractivity (Wildman–Crippen MR) is 81.6 cm³/mol. The number of carbonyl (C=O) groups is 1. The molecule has 0 radical (unpaired) electrons. The Morgan fingerprint density at radius 2 is 2.09 bits per heavy atom. The molecule has 0 bridgehead atoms. The van der Waals surface area contributed by atoms with Crippen LogP contribution in [0.1, 0.15) is 26.5 Å². The minimum absolute atomic E-state index is 0.248. The smallest absolute Gasteiger partial charge is 0.408 e. The van der Waals surface area contributed by atoms with E-state index in [1.54, 1.807) is 31.6 Å². The molecule has 6 nitrogen and oxygen atoms in total. The van der Waals surface area contributed by atoms with Crippen LogP contribution in [0.5, 0.6) is 5.75 Å². The van der Waals surface area contributed by atoms with Gasteiger partial charge in [0.2, 0.25) is 0 Å². The van der Waals surface area contributed by atoms with E-state index in [-0.39, 0.29) is 6.54 Å². The molecule has 22 heavy (non-hydrogen) atoms. The fraction of sp³-hybridized carbons (Fsp3) is 0.375. The molecule has 2 rings (SSSR count). The van der Waals surface area contributed by atoms with Crippen LogP contribution in [0.4, 0.5) is 4.79 Å². The highest BCUT2D eigenvalue weighted by Crippen LogP contribution is 2.30. The van der Waals surface area contributed by atoms with Crippen molar-refractivity contribution >= 4 is 6.09 Å². The quantitative estimate of drug-likeness (QED) is 0.937. The molecule has 1 amide bonds. The van der Waals surface area contributed by atoms with Gasteiger partial charge in [-0.25, -0.2) is 4.79 Å². The molecular formula is C16H20N2O4. The summed E-state index contributed by atoms with van der Waals surface area (Å²) < 4.78 is 16.1. The number of furan rings is 1. The number of amides is 1. The number of pyridine rings is 1. The standard InChI is InChI=1S/C16H20N2O4/c1-16(2,3)22-15(19)18-9-11-5-6-14(21-11)12-10-17-8-7-13(12)20-4/h5-8,10H,9H2,1-4H3,(H,18,19). The van der Waals surface area contributed by atoms with Crippen LogP contribution in [0, 0.1) is 0 Å². The van der Waals surface area contributed by atoms with Crippen molar-refractivity contribution in [3.05, 3.63) is 36.4 Å². The summed E-state index contributed by atoms with van der Waals surface area (Å²) in [5.41, 5.74) is 0.232. The molecule has 2 heterocycles. The second-order valence-electron chi connectivity index (χ2n) is 5.70. The molecule has 0 unspecified atom stereocenters. The Morgan fingerprint density at radius 3 is 2.77 bits per heavy atom. The summed E-state index contributed by atoms with van der Waals surface area (Å²) in [5, 5.41) is 2.65. The first-order chi connectivity index (χ1) is 10.4. The Kier molecular flexibility index (Phi) is 4.70. The number of carbonyl (C=O) groups excluding carboxylic acids is 1. The van der Waals surface area contributed by atoms with E-state index in [2.05, 4.69) is 10.3 Å². The molecular weight excluding hydrogens is 284 g/mol. The predicted octanol–water partition coefficient (Wildman–Crippen LogP) is 3.37. The molecule has 0 aliphatic rings. The molecule has 0 saturated carbocycles. The van der Waals surface area contributed by atoms with E-state index in [1.165, 1.54) is 0 Å². The Bertz CT molecular complexity index is 644. The van der Waals surface area contributed by atoms with Crippen LogP contribution in [-0.2, 0) is 11.3 Å². The van der Waals surface area contributed by atoms with Gasteiger partial charge in [-0.3, -0.25) is 4.98 Å². The fourth-order valence-electron chi connectivity index (χ4n) is 1.84. The minimum atomic E-state index is -0.526. The number of ether oxygens (including phenoxy) is 2. The summed E-state index contributed by atoms with van der Waals surface area (Å²) in [7, 11) is 1.59. The van der Waals surface area contributed by atoms with E-state index in [4.69, 9.17) is 13.9 Å². The zero-order chi connectivity index (χ0) is 16.2. The van der Waals surface area contributed by atoms with Gasteiger partial charge >= 0.3 is 6.09 Å². The number of nitrogens with zero attached hydrogens (tertiary/aromatic N) is 1. The second kappa shape index (κ2) is 6.51. The molecule has 0 aliphatic heterocycles. The summed E-state index contributed by atoms with van der Waals surface area (Å²) in [6.45, 7) is 5.68. The molecule has 2 aromatic heterocycles. The Labute approximate surface area is 129 Å². The molecule has 0 saturated heterocycles. The van der Waals surface area contributed by atoms with Crippen molar-refractivity contribution < 1.29 is 18.7 Å². The maximum absolute atomic E-state index is 11.6. The molecule has 118 valence electrons. The first kappa shape index (κ1) is 15.9. The number of hydrogen-bond acceptors (Lipinski definition) is 5. The van der Waals surface area contributed by atoms with E-state index in [0.717, 1.165) is 5.56 Å². The molecule has 0 atom stereocenters. The second-order valence-corrected chi connectivity index (χ2v) is 5.70. The van der Waals surface area contributed by atoms with Crippen molar-refractivity contribution in [3.63, 3.8) is 0 Å².